The maximum absolute atomic E-state index is 9.27. The summed E-state index contributed by atoms with van der Waals surface area (Å²) >= 11 is 0. The summed E-state index contributed by atoms with van der Waals surface area (Å²) < 4.78 is 0. The molecule has 10 heavy (non-hydrogen) atoms. The number of allylic oxidation sites excluding steroid dienone is 2. The van der Waals surface area contributed by atoms with Crippen LogP contribution in [0.2, 0.25) is 0 Å². The lowest BCUT2D eigenvalue weighted by Gasteiger charge is -2.19. The maximum Gasteiger partial charge on any atom is 0.105 e. The number of aliphatic hydroxyl groups excluding tert-OH is 2. The van der Waals surface area contributed by atoms with Crippen LogP contribution in [0, 0.1) is 0 Å². The van der Waals surface area contributed by atoms with Crippen LogP contribution in [-0.4, -0.2) is 22.4 Å². The third-order valence-corrected chi connectivity index (χ3v) is 1.73. The number of aliphatic hydroxyl groups is 2. The summed E-state index contributed by atoms with van der Waals surface area (Å²) in [4.78, 5) is 0. The van der Waals surface area contributed by atoms with E-state index in [1.807, 2.05) is 13.0 Å². The van der Waals surface area contributed by atoms with Crippen LogP contribution in [-0.2, 0) is 0 Å². The van der Waals surface area contributed by atoms with Crippen molar-refractivity contribution < 1.29 is 10.2 Å². The van der Waals surface area contributed by atoms with Crippen molar-refractivity contribution in [2.45, 2.75) is 25.6 Å². The average Bonchev–Trinajstić information content (AvgIpc) is 1.95. The number of rotatable bonds is 1. The molecule has 56 valence electrons. The molecule has 0 bridgehead atoms. The highest BCUT2D eigenvalue weighted by Crippen LogP contribution is 2.15. The first kappa shape index (κ1) is 7.51. The molecule has 0 spiro atoms. The summed E-state index contributed by atoms with van der Waals surface area (Å²) in [5.41, 5.74) is 0.898. The lowest BCUT2D eigenvalue weighted by atomic mass is 9.97. The van der Waals surface area contributed by atoms with Gasteiger partial charge in [-0.05, 0) is 12.0 Å². The van der Waals surface area contributed by atoms with Gasteiger partial charge in [0.2, 0.25) is 0 Å². The van der Waals surface area contributed by atoms with Crippen LogP contribution in [0.3, 0.4) is 0 Å². The van der Waals surface area contributed by atoms with Gasteiger partial charge in [-0.3, -0.25) is 0 Å². The van der Waals surface area contributed by atoms with E-state index in [1.54, 1.807) is 12.2 Å². The van der Waals surface area contributed by atoms with Gasteiger partial charge in [0.05, 0.1) is 0 Å². The molecule has 0 radical (unpaired) electrons. The van der Waals surface area contributed by atoms with Gasteiger partial charge in [-0.1, -0.05) is 25.2 Å². The smallest absolute Gasteiger partial charge is 0.105 e. The van der Waals surface area contributed by atoms with Crippen LogP contribution < -0.4 is 0 Å². The normalized spacial score (nSPS) is 32.1. The van der Waals surface area contributed by atoms with Crippen LogP contribution in [0.4, 0.5) is 0 Å². The first-order valence-electron chi connectivity index (χ1n) is 3.49. The lowest BCUT2D eigenvalue weighted by Crippen LogP contribution is -2.27. The molecule has 2 atom stereocenters. The van der Waals surface area contributed by atoms with E-state index < -0.39 is 12.2 Å². The van der Waals surface area contributed by atoms with Crippen molar-refractivity contribution in [1.29, 1.82) is 0 Å². The van der Waals surface area contributed by atoms with E-state index in [0.29, 0.717) is 0 Å². The van der Waals surface area contributed by atoms with Crippen molar-refractivity contribution in [2.75, 3.05) is 0 Å². The molecule has 0 aromatic rings. The quantitative estimate of drug-likeness (QED) is 0.560. The molecule has 0 heterocycles. The maximum atomic E-state index is 9.27. The molecule has 0 fully saturated rings. The third kappa shape index (κ3) is 1.28. The van der Waals surface area contributed by atoms with Crippen molar-refractivity contribution in [3.05, 3.63) is 23.8 Å². The van der Waals surface area contributed by atoms with Crippen molar-refractivity contribution in [1.82, 2.24) is 0 Å². The fraction of sp³-hybridized carbons (Fsp3) is 0.500. The van der Waals surface area contributed by atoms with Crippen molar-refractivity contribution in [3.63, 3.8) is 0 Å². The first-order valence-corrected chi connectivity index (χ1v) is 3.49. The van der Waals surface area contributed by atoms with Gasteiger partial charge in [0, 0.05) is 0 Å². The molecule has 0 saturated heterocycles. The summed E-state index contributed by atoms with van der Waals surface area (Å²) in [6.45, 7) is 1.96. The van der Waals surface area contributed by atoms with E-state index in [0.717, 1.165) is 12.0 Å². The standard InChI is InChI=1S/C8H12O2/c1-2-6-4-3-5-7(9)8(6)10/h3-5,7-10H,2H2,1H3/t7-,8?/m1/s1. The second-order valence-corrected chi connectivity index (χ2v) is 2.42. The average molecular weight is 140 g/mol. The van der Waals surface area contributed by atoms with Crippen LogP contribution in [0.1, 0.15) is 13.3 Å². The zero-order chi connectivity index (χ0) is 7.56. The van der Waals surface area contributed by atoms with Gasteiger partial charge in [0.25, 0.3) is 0 Å². The minimum Gasteiger partial charge on any atom is -0.386 e. The van der Waals surface area contributed by atoms with Crippen molar-refractivity contribution in [2.24, 2.45) is 0 Å². The molecule has 2 N–H and O–H groups in total. The molecule has 2 nitrogen and oxygen atoms in total. The van der Waals surface area contributed by atoms with Crippen LogP contribution in [0.5, 0.6) is 0 Å². The SMILES string of the molecule is CCC1=CC=C[C@@H](O)C1O. The van der Waals surface area contributed by atoms with Gasteiger partial charge in [-0.2, -0.15) is 0 Å². The molecule has 0 aromatic heterocycles. The third-order valence-electron chi connectivity index (χ3n) is 1.73. The topological polar surface area (TPSA) is 40.5 Å². The summed E-state index contributed by atoms with van der Waals surface area (Å²) in [6.07, 6.45) is 4.61. The first-order chi connectivity index (χ1) is 4.75. The molecular formula is C8H12O2. The Morgan fingerprint density at radius 3 is 2.70 bits per heavy atom. The minimum absolute atomic E-state index is 0.685. The van der Waals surface area contributed by atoms with E-state index in [2.05, 4.69) is 0 Å². The Hall–Kier alpha value is -0.600. The molecule has 2 heteroatoms. The highest BCUT2D eigenvalue weighted by atomic mass is 16.3. The fourth-order valence-corrected chi connectivity index (χ4v) is 1.04. The van der Waals surface area contributed by atoms with Gasteiger partial charge >= 0.3 is 0 Å². The van der Waals surface area contributed by atoms with Gasteiger partial charge in [-0.25, -0.2) is 0 Å². The largest absolute Gasteiger partial charge is 0.386 e. The Bertz CT molecular complexity index is 170. The van der Waals surface area contributed by atoms with E-state index >= 15 is 0 Å². The van der Waals surface area contributed by atoms with Gasteiger partial charge in [0.1, 0.15) is 12.2 Å². The van der Waals surface area contributed by atoms with Gasteiger partial charge in [0.15, 0.2) is 0 Å². The Labute approximate surface area is 60.5 Å². The Morgan fingerprint density at radius 1 is 1.50 bits per heavy atom. The summed E-state index contributed by atoms with van der Waals surface area (Å²) in [5.74, 6) is 0. The molecule has 1 unspecified atom stereocenters. The molecule has 1 aliphatic rings. The Balaban J connectivity index is 2.71. The highest BCUT2D eigenvalue weighted by Gasteiger charge is 2.18. The predicted octanol–water partition coefficient (Wildman–Crippen LogP) is 0.614. The molecule has 0 amide bonds. The van der Waals surface area contributed by atoms with Crippen LogP contribution in [0.25, 0.3) is 0 Å². The summed E-state index contributed by atoms with van der Waals surface area (Å²) in [7, 11) is 0. The fourth-order valence-electron chi connectivity index (χ4n) is 1.04. The zero-order valence-corrected chi connectivity index (χ0v) is 5.99. The molecule has 0 saturated carbocycles. The molecular weight excluding hydrogens is 128 g/mol. The van der Waals surface area contributed by atoms with E-state index in [-0.39, 0.29) is 0 Å². The second kappa shape index (κ2) is 2.99. The molecule has 1 aliphatic carbocycles. The molecule has 1 rings (SSSR count). The molecule has 0 aromatic carbocycles. The van der Waals surface area contributed by atoms with Crippen LogP contribution >= 0.6 is 0 Å². The minimum atomic E-state index is -0.708. The monoisotopic (exact) mass is 140 g/mol. The second-order valence-electron chi connectivity index (χ2n) is 2.42. The predicted molar refractivity (Wildman–Crippen MR) is 39.5 cm³/mol. The molecule has 0 aliphatic heterocycles. The van der Waals surface area contributed by atoms with E-state index in [9.17, 15) is 5.11 Å². The van der Waals surface area contributed by atoms with E-state index in [1.165, 1.54) is 0 Å². The van der Waals surface area contributed by atoms with Crippen LogP contribution in [0.15, 0.2) is 23.8 Å². The Kier molecular flexibility index (Phi) is 2.25. The van der Waals surface area contributed by atoms with Gasteiger partial charge in [-0.15, -0.1) is 0 Å². The zero-order valence-electron chi connectivity index (χ0n) is 5.99. The highest BCUT2D eigenvalue weighted by molar-refractivity contribution is 5.24. The van der Waals surface area contributed by atoms with E-state index in [4.69, 9.17) is 5.11 Å². The Morgan fingerprint density at radius 2 is 2.20 bits per heavy atom. The lowest BCUT2D eigenvalue weighted by molar-refractivity contribution is 0.0697. The van der Waals surface area contributed by atoms with Crippen molar-refractivity contribution >= 4 is 0 Å². The summed E-state index contributed by atoms with van der Waals surface area (Å²) in [6, 6.07) is 0. The van der Waals surface area contributed by atoms with Crippen molar-refractivity contribution in [3.8, 4) is 0 Å². The summed E-state index contributed by atoms with van der Waals surface area (Å²) in [5, 5.41) is 18.4. The number of hydrogen-bond donors (Lipinski definition) is 2. The number of hydrogen-bond acceptors (Lipinski definition) is 2. The van der Waals surface area contributed by atoms with Gasteiger partial charge < -0.3 is 10.2 Å².